The van der Waals surface area contributed by atoms with Crippen molar-refractivity contribution in [2.24, 2.45) is 5.92 Å². The van der Waals surface area contributed by atoms with Crippen molar-refractivity contribution in [1.82, 2.24) is 10.2 Å². The van der Waals surface area contributed by atoms with Gasteiger partial charge in [-0.3, -0.25) is 5.32 Å². The van der Waals surface area contributed by atoms with E-state index in [1.165, 1.54) is 12.8 Å². The van der Waals surface area contributed by atoms with Crippen LogP contribution < -0.4 is 5.32 Å². The zero-order chi connectivity index (χ0) is 15.3. The molecule has 2 fully saturated rings. The average molecular weight is 293 g/mol. The van der Waals surface area contributed by atoms with Gasteiger partial charge in [0.25, 0.3) is 0 Å². The maximum absolute atomic E-state index is 9.71. The molecule has 3 atom stereocenters. The molecule has 1 aliphatic heterocycles. The minimum absolute atomic E-state index is 0.290. The van der Waals surface area contributed by atoms with Crippen LogP contribution in [0.3, 0.4) is 0 Å². The van der Waals surface area contributed by atoms with Gasteiger partial charge in [0.2, 0.25) is 0 Å². The van der Waals surface area contributed by atoms with E-state index < -0.39 is 0 Å². The molecule has 1 heterocycles. The summed E-state index contributed by atoms with van der Waals surface area (Å²) in [5, 5.41) is 13.3. The molecule has 3 unspecified atom stereocenters. The predicted molar refractivity (Wildman–Crippen MR) is 85.0 cm³/mol. The lowest BCUT2D eigenvalue weighted by Gasteiger charge is -2.33. The van der Waals surface area contributed by atoms with Gasteiger partial charge >= 0.3 is 0 Å². The molecule has 0 spiro atoms. The Morgan fingerprint density at radius 1 is 1.43 bits per heavy atom. The molecule has 0 amide bonds. The number of hydrogen-bond donors (Lipinski definition) is 1. The molecule has 0 aromatic carbocycles. The molecule has 21 heavy (non-hydrogen) atoms. The van der Waals surface area contributed by atoms with Crippen molar-refractivity contribution in [3.05, 3.63) is 0 Å². The Hall–Kier alpha value is -0.630. The molecule has 2 rings (SSSR count). The Bertz CT molecular complexity index is 366. The smallest absolute Gasteiger partial charge is 0.109 e. The van der Waals surface area contributed by atoms with Crippen LogP contribution in [0.4, 0.5) is 0 Å². The Morgan fingerprint density at radius 3 is 2.95 bits per heavy atom. The highest BCUT2D eigenvalue weighted by Gasteiger charge is 2.43. The van der Waals surface area contributed by atoms with E-state index in [0.717, 1.165) is 45.5 Å². The van der Waals surface area contributed by atoms with E-state index in [1.807, 2.05) is 0 Å². The number of ether oxygens (including phenoxy) is 1. The van der Waals surface area contributed by atoms with Gasteiger partial charge in [-0.05, 0) is 58.9 Å². The fourth-order valence-electron chi connectivity index (χ4n) is 3.97. The largest absolute Gasteiger partial charge is 0.377 e. The van der Waals surface area contributed by atoms with Crippen molar-refractivity contribution >= 4 is 0 Å². The first-order chi connectivity index (χ1) is 10.1. The van der Waals surface area contributed by atoms with Crippen LogP contribution >= 0.6 is 0 Å². The highest BCUT2D eigenvalue weighted by molar-refractivity contribution is 5.14. The van der Waals surface area contributed by atoms with E-state index in [0.29, 0.717) is 18.1 Å². The van der Waals surface area contributed by atoms with Crippen LogP contribution in [0.1, 0.15) is 52.9 Å². The maximum Gasteiger partial charge on any atom is 0.109 e. The van der Waals surface area contributed by atoms with Crippen LogP contribution in [0.15, 0.2) is 0 Å². The van der Waals surface area contributed by atoms with Gasteiger partial charge in [0.05, 0.1) is 12.2 Å². The van der Waals surface area contributed by atoms with E-state index in [4.69, 9.17) is 4.74 Å². The molecule has 120 valence electrons. The number of hydrogen-bond acceptors (Lipinski definition) is 4. The van der Waals surface area contributed by atoms with Crippen LogP contribution in [-0.4, -0.2) is 48.8 Å². The van der Waals surface area contributed by atoms with Gasteiger partial charge in [-0.25, -0.2) is 0 Å². The summed E-state index contributed by atoms with van der Waals surface area (Å²) in [6.07, 6.45) is 5.96. The zero-order valence-corrected chi connectivity index (χ0v) is 13.9. The second-order valence-electron chi connectivity index (χ2n) is 7.10. The van der Waals surface area contributed by atoms with Gasteiger partial charge in [0, 0.05) is 25.7 Å². The highest BCUT2D eigenvalue weighted by atomic mass is 16.5. The average Bonchev–Trinajstić information content (AvgIpc) is 2.70. The summed E-state index contributed by atoms with van der Waals surface area (Å²) < 4.78 is 5.71. The lowest BCUT2D eigenvalue weighted by atomic mass is 9.85. The Kier molecular flexibility index (Phi) is 6.04. The normalized spacial score (nSPS) is 34.8. The van der Waals surface area contributed by atoms with Crippen LogP contribution in [-0.2, 0) is 4.74 Å². The molecule has 0 radical (unpaired) electrons. The van der Waals surface area contributed by atoms with Gasteiger partial charge in [-0.2, -0.15) is 5.26 Å². The van der Waals surface area contributed by atoms with E-state index >= 15 is 0 Å². The zero-order valence-electron chi connectivity index (χ0n) is 13.9. The van der Waals surface area contributed by atoms with Crippen LogP contribution in [0.5, 0.6) is 0 Å². The first-order valence-corrected chi connectivity index (χ1v) is 8.58. The second-order valence-corrected chi connectivity index (χ2v) is 7.10. The van der Waals surface area contributed by atoms with Crippen molar-refractivity contribution < 1.29 is 4.74 Å². The van der Waals surface area contributed by atoms with Gasteiger partial charge in [-0.1, -0.05) is 6.42 Å². The summed E-state index contributed by atoms with van der Waals surface area (Å²) in [4.78, 5) is 2.52. The Labute approximate surface area is 129 Å². The van der Waals surface area contributed by atoms with Gasteiger partial charge in [0.15, 0.2) is 0 Å². The first kappa shape index (κ1) is 16.7. The maximum atomic E-state index is 9.71. The minimum Gasteiger partial charge on any atom is -0.377 e. The third-order valence-corrected chi connectivity index (χ3v) is 4.90. The molecule has 4 heteroatoms. The molecule has 0 bridgehead atoms. The molecule has 4 nitrogen and oxygen atoms in total. The minimum atomic E-state index is -0.290. The quantitative estimate of drug-likeness (QED) is 0.846. The Balaban J connectivity index is 1.90. The molecule has 2 aliphatic rings. The van der Waals surface area contributed by atoms with Gasteiger partial charge in [0.1, 0.15) is 5.54 Å². The lowest BCUT2D eigenvalue weighted by Crippen LogP contribution is -2.50. The van der Waals surface area contributed by atoms with E-state index in [-0.39, 0.29) is 5.54 Å². The lowest BCUT2D eigenvalue weighted by molar-refractivity contribution is 0.0665. The number of nitrogens with one attached hydrogen (secondary N) is 1. The topological polar surface area (TPSA) is 48.3 Å². The van der Waals surface area contributed by atoms with Crippen molar-refractivity contribution in [3.63, 3.8) is 0 Å². The Morgan fingerprint density at radius 2 is 2.24 bits per heavy atom. The summed E-state index contributed by atoms with van der Waals surface area (Å²) in [7, 11) is 0. The summed E-state index contributed by atoms with van der Waals surface area (Å²) in [6, 6.07) is 2.99. The molecule has 1 N–H and O–H groups in total. The van der Waals surface area contributed by atoms with E-state index in [2.05, 4.69) is 37.1 Å². The molecule has 1 saturated heterocycles. The molecule has 0 aromatic rings. The van der Waals surface area contributed by atoms with Crippen LogP contribution in [0.2, 0.25) is 0 Å². The molecule has 0 aromatic heterocycles. The first-order valence-electron chi connectivity index (χ1n) is 8.58. The fraction of sp³-hybridized carbons (Fsp3) is 0.941. The van der Waals surface area contributed by atoms with Crippen molar-refractivity contribution in [2.45, 2.75) is 70.6 Å². The monoisotopic (exact) mass is 293 g/mol. The third-order valence-electron chi connectivity index (χ3n) is 4.90. The number of nitriles is 1. The summed E-state index contributed by atoms with van der Waals surface area (Å²) in [6.45, 7) is 10.6. The summed E-state index contributed by atoms with van der Waals surface area (Å²) >= 11 is 0. The van der Waals surface area contributed by atoms with Crippen molar-refractivity contribution in [1.29, 1.82) is 5.26 Å². The van der Waals surface area contributed by atoms with Crippen LogP contribution in [0.25, 0.3) is 0 Å². The molecular formula is C17H31N3O. The van der Waals surface area contributed by atoms with Crippen LogP contribution in [0, 0.1) is 17.2 Å². The van der Waals surface area contributed by atoms with Gasteiger partial charge in [-0.15, -0.1) is 0 Å². The fourth-order valence-corrected chi connectivity index (χ4v) is 3.97. The van der Waals surface area contributed by atoms with Crippen molar-refractivity contribution in [3.8, 4) is 6.07 Å². The van der Waals surface area contributed by atoms with Crippen molar-refractivity contribution in [2.75, 3.05) is 26.2 Å². The second kappa shape index (κ2) is 7.58. The molecule has 1 saturated carbocycles. The van der Waals surface area contributed by atoms with E-state index in [1.54, 1.807) is 0 Å². The number of nitrogens with zero attached hydrogens (tertiary/aromatic N) is 2. The standard InChI is InChI=1S/C17H31N3O/c1-14(2)19-17(13-18)8-4-6-16(17)7-10-20-9-5-11-21-15(3)12-20/h14-16,19H,4-12H2,1-3H3. The molecule has 1 aliphatic carbocycles. The SMILES string of the molecule is CC(C)NC1(C#N)CCCC1CCN1CCCOC(C)C1. The molecular weight excluding hydrogens is 262 g/mol. The highest BCUT2D eigenvalue weighted by Crippen LogP contribution is 2.38. The number of rotatable bonds is 5. The van der Waals surface area contributed by atoms with E-state index in [9.17, 15) is 5.26 Å². The summed E-state index contributed by atoms with van der Waals surface area (Å²) in [5.74, 6) is 0.490. The van der Waals surface area contributed by atoms with Gasteiger partial charge < -0.3 is 9.64 Å². The predicted octanol–water partition coefficient (Wildman–Crippen LogP) is 2.55. The third kappa shape index (κ3) is 4.42. The summed E-state index contributed by atoms with van der Waals surface area (Å²) in [5.41, 5.74) is -0.290.